The molecule has 2 aliphatic rings. The van der Waals surface area contributed by atoms with Gasteiger partial charge in [-0.25, -0.2) is 19.0 Å². The lowest BCUT2D eigenvalue weighted by Gasteiger charge is -2.41. The van der Waals surface area contributed by atoms with Gasteiger partial charge in [-0.15, -0.1) is 5.10 Å². The number of carbonyl (C=O) groups is 3. The van der Waals surface area contributed by atoms with Crippen LogP contribution in [0.1, 0.15) is 74.1 Å². The molecule has 0 saturated carbocycles. The normalized spacial score (nSPS) is 34.9. The number of rotatable bonds is 8. The van der Waals surface area contributed by atoms with E-state index in [4.69, 9.17) is 27.8 Å². The van der Waals surface area contributed by atoms with Crippen molar-refractivity contribution in [1.29, 1.82) is 0 Å². The molecule has 2 radical (unpaired) electrons. The fourth-order valence-electron chi connectivity index (χ4n) is 7.34. The maximum absolute atomic E-state index is 16.2. The molecule has 0 unspecified atom stereocenters. The van der Waals surface area contributed by atoms with E-state index in [-0.39, 0.29) is 18.4 Å². The average molecular weight is 684 g/mol. The summed E-state index contributed by atoms with van der Waals surface area (Å²) in [7, 11) is 8.05. The molecule has 0 aromatic carbocycles. The van der Waals surface area contributed by atoms with Gasteiger partial charge in [-0.1, -0.05) is 32.1 Å². The number of methoxy groups -OCH3 is 1. The second-order valence-corrected chi connectivity index (χ2v) is 14.2. The van der Waals surface area contributed by atoms with Crippen LogP contribution in [-0.2, 0) is 30.3 Å². The highest BCUT2D eigenvalue weighted by Gasteiger charge is 2.59. The number of unbranched alkanes of at least 4 members (excludes halogenated alkanes) is 1. The lowest BCUT2D eigenvalue weighted by atomic mass is 9.62. The number of amides is 1. The number of nitrogens with zero attached hydrogens (tertiary/aromatic N) is 5. The average Bonchev–Trinajstić information content (AvgIpc) is 3.64. The summed E-state index contributed by atoms with van der Waals surface area (Å²) in [5, 5.41) is 12.0. The number of alkyl halides is 1. The highest BCUT2D eigenvalue weighted by atomic mass is 19.1. The van der Waals surface area contributed by atoms with Crippen LogP contribution in [0, 0.1) is 11.8 Å². The number of Topliss-reactive ketones (excluding diaryl/α,β-unsaturated/α-hetero) is 1. The van der Waals surface area contributed by atoms with Crippen molar-refractivity contribution in [2.24, 2.45) is 11.8 Å². The number of hydrogen-bond acceptors (Lipinski definition) is 11. The number of fused-ring (bicyclic) bond motifs is 1. The third kappa shape index (κ3) is 7.92. The van der Waals surface area contributed by atoms with Gasteiger partial charge in [0.05, 0.1) is 31.4 Å². The van der Waals surface area contributed by atoms with Gasteiger partial charge in [0.2, 0.25) is 0 Å². The van der Waals surface area contributed by atoms with Gasteiger partial charge in [0.25, 0.3) is 5.67 Å². The van der Waals surface area contributed by atoms with Crippen LogP contribution in [0.4, 0.5) is 15.0 Å². The Morgan fingerprint density at radius 1 is 1.12 bits per heavy atom. The van der Waals surface area contributed by atoms with E-state index in [2.05, 4.69) is 20.6 Å². The molecule has 3 N–H and O–H groups in total. The number of hydrogen-bond donors (Lipinski definition) is 2. The highest BCUT2D eigenvalue weighted by Crippen LogP contribution is 2.41. The number of nitrogens with two attached hydrogens (primary N) is 1. The number of nitrogens with one attached hydrogen (secondary N) is 1. The van der Waals surface area contributed by atoms with Crippen molar-refractivity contribution in [2.45, 2.75) is 122 Å². The predicted molar refractivity (Wildman–Crippen MR) is 182 cm³/mol. The van der Waals surface area contributed by atoms with E-state index in [1.54, 1.807) is 48.7 Å². The predicted octanol–water partition coefficient (Wildman–Crippen LogP) is 3.92. The molecule has 2 aliphatic heterocycles. The molecule has 15 heteroatoms. The van der Waals surface area contributed by atoms with Gasteiger partial charge in [-0.3, -0.25) is 14.4 Å². The first kappa shape index (κ1) is 38.2. The number of aromatic nitrogens is 4. The van der Waals surface area contributed by atoms with Crippen LogP contribution >= 0.6 is 0 Å². The Balaban J connectivity index is 1.57. The largest absolute Gasteiger partial charge is 0.455 e. The summed E-state index contributed by atoms with van der Waals surface area (Å²) in [5.74, 6) is -3.89. The number of anilines is 1. The van der Waals surface area contributed by atoms with Crippen molar-refractivity contribution in [2.75, 3.05) is 25.9 Å². The first-order valence-electron chi connectivity index (χ1n) is 17.1. The quantitative estimate of drug-likeness (QED) is 0.179. The van der Waals surface area contributed by atoms with Gasteiger partial charge < -0.3 is 25.3 Å². The molecule has 268 valence electrons. The second kappa shape index (κ2) is 15.1. The molecule has 49 heavy (non-hydrogen) atoms. The molecule has 0 bridgehead atoms. The minimum absolute atomic E-state index is 0.00956. The Morgan fingerprint density at radius 2 is 1.82 bits per heavy atom. The van der Waals surface area contributed by atoms with Gasteiger partial charge in [0.15, 0.2) is 11.4 Å². The first-order valence-corrected chi connectivity index (χ1v) is 17.1. The van der Waals surface area contributed by atoms with E-state index in [0.29, 0.717) is 56.1 Å². The molecular formula is C34H51BFN7O6. The number of halogens is 1. The third-order valence-electron chi connectivity index (χ3n) is 10.3. The lowest BCUT2D eigenvalue weighted by molar-refractivity contribution is -0.179. The monoisotopic (exact) mass is 683 g/mol. The summed E-state index contributed by atoms with van der Waals surface area (Å²) in [6.07, 6.45) is 2.12. The number of esters is 1. The maximum atomic E-state index is 16.2. The first-order chi connectivity index (χ1) is 23.0. The van der Waals surface area contributed by atoms with Crippen molar-refractivity contribution >= 4 is 31.5 Å². The maximum Gasteiger partial charge on any atom is 0.410 e. The van der Waals surface area contributed by atoms with Crippen LogP contribution < -0.4 is 11.1 Å². The number of pyridine rings is 1. The molecule has 2 fully saturated rings. The van der Waals surface area contributed by atoms with E-state index in [0.717, 1.165) is 6.92 Å². The molecule has 13 nitrogen and oxygen atoms in total. The molecule has 2 aromatic heterocycles. The van der Waals surface area contributed by atoms with Gasteiger partial charge in [-0.05, 0) is 83.8 Å². The molecular weight excluding hydrogens is 632 g/mol. The standard InChI is InChI=1S/C34H51BFN7O6/c1-9-25-34(7)28(43(31(46)49-34)16-11-10-15-42-19-24(40-41-42)23-13-12-14-26(37)39-23)22(4)38-18-20(2)17-32(5,47-8)27(35)21(3)29(44)33(6,36)30(45)48-25/h12-14,19-22,25,27-28,38H,9-11,15-18H2,1-8H3,(H2,37,39)/t20-,21+,22-,25-,27-,28-,32-,33+,34-/m1/s1. The molecule has 2 aromatic rings. The molecule has 9 atom stereocenters. The number of carbonyl (C=O) groups excluding carboxylic acids is 3. The van der Waals surface area contributed by atoms with Crippen molar-refractivity contribution in [3.8, 4) is 11.4 Å². The molecule has 4 rings (SSSR count). The summed E-state index contributed by atoms with van der Waals surface area (Å²) in [6.45, 7) is 13.0. The Hall–Kier alpha value is -3.59. The zero-order valence-electron chi connectivity index (χ0n) is 29.9. The number of ketones is 1. The highest BCUT2D eigenvalue weighted by molar-refractivity contribution is 6.17. The number of cyclic esters (lactones) is 1. The Labute approximate surface area is 289 Å². The Kier molecular flexibility index (Phi) is 11.8. The van der Waals surface area contributed by atoms with E-state index >= 15 is 4.39 Å². The van der Waals surface area contributed by atoms with Crippen LogP contribution in [0.3, 0.4) is 0 Å². The van der Waals surface area contributed by atoms with Crippen LogP contribution in [0.5, 0.6) is 0 Å². The fourth-order valence-corrected chi connectivity index (χ4v) is 7.34. The molecule has 0 spiro atoms. The summed E-state index contributed by atoms with van der Waals surface area (Å²) in [5.41, 5.74) is 1.69. The summed E-state index contributed by atoms with van der Waals surface area (Å²) < 4.78 is 35.5. The fraction of sp³-hybridized carbons (Fsp3) is 0.706. The van der Waals surface area contributed by atoms with Crippen LogP contribution in [0.15, 0.2) is 24.4 Å². The van der Waals surface area contributed by atoms with E-state index in [1.165, 1.54) is 14.0 Å². The zero-order valence-corrected chi connectivity index (χ0v) is 29.9. The molecule has 2 saturated heterocycles. The zero-order chi connectivity index (χ0) is 36.3. The van der Waals surface area contributed by atoms with Gasteiger partial charge >= 0.3 is 12.1 Å². The summed E-state index contributed by atoms with van der Waals surface area (Å²) >= 11 is 0. The SMILES string of the molecule is [B][C@@H]1[C@H](C)C(=O)[C@](C)(F)C(=O)O[C@H](CC)[C@@]2(C)OC(=O)N(CCCCn3cc(-c4cccc(N)n4)nn3)[C@@H]2[C@@H](C)NC[C@H](C)C[C@@]1(C)OC. The topological polar surface area (TPSA) is 164 Å². The van der Waals surface area contributed by atoms with Gasteiger partial charge in [0.1, 0.15) is 17.6 Å². The van der Waals surface area contributed by atoms with Crippen LogP contribution in [0.2, 0.25) is 5.82 Å². The van der Waals surface area contributed by atoms with Crippen molar-refractivity contribution in [3.63, 3.8) is 0 Å². The van der Waals surface area contributed by atoms with E-state index < -0.39 is 58.6 Å². The van der Waals surface area contributed by atoms with Crippen molar-refractivity contribution in [1.82, 2.24) is 30.2 Å². The number of aryl methyl sites for hydroxylation is 1. The van der Waals surface area contributed by atoms with Crippen LogP contribution in [0.25, 0.3) is 11.4 Å². The molecule has 1 amide bonds. The molecule has 4 heterocycles. The van der Waals surface area contributed by atoms with E-state index in [9.17, 15) is 14.4 Å². The Morgan fingerprint density at radius 3 is 2.47 bits per heavy atom. The smallest absolute Gasteiger partial charge is 0.410 e. The van der Waals surface area contributed by atoms with Crippen molar-refractivity contribution in [3.05, 3.63) is 24.4 Å². The molecule has 0 aliphatic carbocycles. The summed E-state index contributed by atoms with van der Waals surface area (Å²) in [4.78, 5) is 46.4. The third-order valence-corrected chi connectivity index (χ3v) is 10.3. The Bertz CT molecular complexity index is 1490. The van der Waals surface area contributed by atoms with Gasteiger partial charge in [-0.2, -0.15) is 0 Å². The minimum Gasteiger partial charge on any atom is -0.455 e. The number of nitrogen functional groups attached to an aromatic ring is 1. The lowest BCUT2D eigenvalue weighted by Crippen LogP contribution is -2.61. The summed E-state index contributed by atoms with van der Waals surface area (Å²) in [6, 6.07) is 4.38. The van der Waals surface area contributed by atoms with Crippen LogP contribution in [-0.4, -0.2) is 106 Å². The van der Waals surface area contributed by atoms with E-state index in [1.807, 2.05) is 19.9 Å². The van der Waals surface area contributed by atoms with Crippen molar-refractivity contribution < 1.29 is 33.0 Å². The second-order valence-electron chi connectivity index (χ2n) is 14.2. The minimum atomic E-state index is -2.99. The number of ether oxygens (including phenoxy) is 3. The van der Waals surface area contributed by atoms with Gasteiger partial charge in [0, 0.05) is 32.2 Å².